The molecule has 0 saturated carbocycles. The van der Waals surface area contributed by atoms with Crippen LogP contribution in [0.3, 0.4) is 0 Å². The molecule has 2 amide bonds. The van der Waals surface area contributed by atoms with Gasteiger partial charge in [0.1, 0.15) is 17.2 Å². The van der Waals surface area contributed by atoms with E-state index in [0.717, 1.165) is 43.8 Å². The van der Waals surface area contributed by atoms with Crippen LogP contribution < -0.4 is 5.73 Å². The van der Waals surface area contributed by atoms with Gasteiger partial charge in [-0.1, -0.05) is 24.3 Å². The van der Waals surface area contributed by atoms with E-state index in [1.807, 2.05) is 18.6 Å². The zero-order chi connectivity index (χ0) is 21.3. The van der Waals surface area contributed by atoms with Crippen LogP contribution in [0.5, 0.6) is 0 Å². The predicted molar refractivity (Wildman–Crippen MR) is 109 cm³/mol. The first-order chi connectivity index (χ1) is 14.4. The molecule has 4 rings (SSSR count). The number of likely N-dealkylation sites (tertiary alicyclic amines) is 2. The van der Waals surface area contributed by atoms with Crippen molar-refractivity contribution in [2.45, 2.75) is 6.42 Å². The van der Waals surface area contributed by atoms with Crippen LogP contribution in [0, 0.1) is 29.9 Å². The van der Waals surface area contributed by atoms with Crippen molar-refractivity contribution in [1.29, 1.82) is 0 Å². The number of hydrogen-bond acceptors (Lipinski definition) is 3. The second kappa shape index (κ2) is 8.52. The maximum Gasteiger partial charge on any atom is 0.259 e. The number of carbonyl (C=O) groups is 2. The van der Waals surface area contributed by atoms with E-state index in [-0.39, 0.29) is 0 Å². The van der Waals surface area contributed by atoms with E-state index in [1.165, 1.54) is 6.07 Å². The van der Waals surface area contributed by atoms with Gasteiger partial charge in [0.2, 0.25) is 5.91 Å². The fourth-order valence-electron chi connectivity index (χ4n) is 4.60. The summed E-state index contributed by atoms with van der Waals surface area (Å²) in [5.74, 6) is -2.02. The third kappa shape index (κ3) is 4.07. The van der Waals surface area contributed by atoms with E-state index in [0.29, 0.717) is 30.5 Å². The number of nitrogens with two attached hydrogens (primary N) is 1. The zero-order valence-electron chi connectivity index (χ0n) is 16.6. The number of benzene rings is 2. The average molecular weight is 412 g/mol. The average Bonchev–Trinajstić information content (AvgIpc) is 3.27. The lowest BCUT2D eigenvalue weighted by Crippen LogP contribution is -2.34. The SMILES string of the molecule is NC(=O)c1ccccc1[CH]CCN1CC2CN(C(=O)c3c(F)cccc3F)C[C@@H]2C1. The fraction of sp³-hybridized carbons (Fsp3) is 0.348. The maximum atomic E-state index is 13.9. The van der Waals surface area contributed by atoms with Crippen molar-refractivity contribution < 1.29 is 18.4 Å². The molecule has 7 heteroatoms. The van der Waals surface area contributed by atoms with Crippen LogP contribution in [0.1, 0.15) is 32.7 Å². The summed E-state index contributed by atoms with van der Waals surface area (Å²) in [7, 11) is 0. The zero-order valence-corrected chi connectivity index (χ0v) is 16.6. The Morgan fingerprint density at radius 3 is 2.23 bits per heavy atom. The molecule has 0 spiro atoms. The molecule has 2 aromatic carbocycles. The Morgan fingerprint density at radius 1 is 0.967 bits per heavy atom. The Morgan fingerprint density at radius 2 is 1.60 bits per heavy atom. The van der Waals surface area contributed by atoms with Crippen LogP contribution in [-0.4, -0.2) is 54.3 Å². The summed E-state index contributed by atoms with van der Waals surface area (Å²) in [6.07, 6.45) is 2.80. The Balaban J connectivity index is 1.29. The van der Waals surface area contributed by atoms with Gasteiger partial charge in [0, 0.05) is 31.7 Å². The topological polar surface area (TPSA) is 66.6 Å². The molecule has 157 valence electrons. The Labute approximate surface area is 174 Å². The molecule has 1 unspecified atom stereocenters. The van der Waals surface area contributed by atoms with Gasteiger partial charge in [0.25, 0.3) is 5.91 Å². The molecular formula is C23H24F2N3O2. The first kappa shape index (κ1) is 20.5. The molecule has 2 heterocycles. The van der Waals surface area contributed by atoms with Gasteiger partial charge in [-0.05, 0) is 55.0 Å². The van der Waals surface area contributed by atoms with E-state index < -0.39 is 29.0 Å². The maximum absolute atomic E-state index is 13.9. The van der Waals surface area contributed by atoms with E-state index in [1.54, 1.807) is 17.0 Å². The van der Waals surface area contributed by atoms with E-state index >= 15 is 0 Å². The van der Waals surface area contributed by atoms with Crippen LogP contribution in [0.15, 0.2) is 42.5 Å². The largest absolute Gasteiger partial charge is 0.366 e. The van der Waals surface area contributed by atoms with Gasteiger partial charge in [-0.3, -0.25) is 9.59 Å². The third-order valence-corrected chi connectivity index (χ3v) is 6.06. The molecule has 5 nitrogen and oxygen atoms in total. The molecule has 2 saturated heterocycles. The van der Waals surface area contributed by atoms with Gasteiger partial charge in [-0.25, -0.2) is 8.78 Å². The van der Waals surface area contributed by atoms with Gasteiger partial charge in [-0.15, -0.1) is 0 Å². The van der Waals surface area contributed by atoms with E-state index in [4.69, 9.17) is 5.73 Å². The number of rotatable bonds is 6. The van der Waals surface area contributed by atoms with Gasteiger partial charge >= 0.3 is 0 Å². The number of halogens is 2. The molecule has 2 atom stereocenters. The summed E-state index contributed by atoms with van der Waals surface area (Å²) < 4.78 is 27.9. The van der Waals surface area contributed by atoms with Crippen molar-refractivity contribution in [3.8, 4) is 0 Å². The van der Waals surface area contributed by atoms with Gasteiger partial charge in [0.15, 0.2) is 0 Å². The molecule has 2 N–H and O–H groups in total. The molecule has 0 bridgehead atoms. The van der Waals surface area contributed by atoms with Crippen molar-refractivity contribution in [3.05, 3.63) is 77.2 Å². The Bertz CT molecular complexity index is 931. The minimum Gasteiger partial charge on any atom is -0.366 e. The first-order valence-corrected chi connectivity index (χ1v) is 10.1. The summed E-state index contributed by atoms with van der Waals surface area (Å²) >= 11 is 0. The second-order valence-corrected chi connectivity index (χ2v) is 8.03. The number of primary amides is 1. The van der Waals surface area contributed by atoms with Crippen molar-refractivity contribution in [2.24, 2.45) is 17.6 Å². The Kier molecular flexibility index (Phi) is 5.81. The van der Waals surface area contributed by atoms with Gasteiger partial charge < -0.3 is 15.5 Å². The highest BCUT2D eigenvalue weighted by atomic mass is 19.1. The monoisotopic (exact) mass is 412 g/mol. The molecule has 2 fully saturated rings. The second-order valence-electron chi connectivity index (χ2n) is 8.03. The number of carbonyl (C=O) groups excluding carboxylic acids is 2. The van der Waals surface area contributed by atoms with Crippen molar-refractivity contribution in [1.82, 2.24) is 9.80 Å². The quantitative estimate of drug-likeness (QED) is 0.793. The highest BCUT2D eigenvalue weighted by molar-refractivity contribution is 5.95. The minimum atomic E-state index is -0.814. The summed E-state index contributed by atoms with van der Waals surface area (Å²) in [5.41, 5.74) is 6.32. The van der Waals surface area contributed by atoms with Crippen molar-refractivity contribution >= 4 is 11.8 Å². The molecule has 2 aliphatic rings. The molecule has 0 aromatic heterocycles. The predicted octanol–water partition coefficient (Wildman–Crippen LogP) is 2.71. The summed E-state index contributed by atoms with van der Waals surface area (Å²) in [6, 6.07) is 10.8. The number of hydrogen-bond donors (Lipinski definition) is 1. The lowest BCUT2D eigenvalue weighted by atomic mass is 10.0. The van der Waals surface area contributed by atoms with Gasteiger partial charge in [0.05, 0.1) is 0 Å². The van der Waals surface area contributed by atoms with E-state index in [9.17, 15) is 18.4 Å². The number of amides is 2. The third-order valence-electron chi connectivity index (χ3n) is 6.06. The van der Waals surface area contributed by atoms with E-state index in [2.05, 4.69) is 4.90 Å². The highest BCUT2D eigenvalue weighted by Gasteiger charge is 2.42. The van der Waals surface area contributed by atoms with Crippen LogP contribution in [0.2, 0.25) is 0 Å². The number of nitrogens with zero attached hydrogens (tertiary/aromatic N) is 2. The summed E-state index contributed by atoms with van der Waals surface area (Å²) in [4.78, 5) is 28.0. The highest BCUT2D eigenvalue weighted by Crippen LogP contribution is 2.32. The minimum absolute atomic E-state index is 0.307. The number of fused-ring (bicyclic) bond motifs is 1. The van der Waals surface area contributed by atoms with Crippen molar-refractivity contribution in [3.63, 3.8) is 0 Å². The normalized spacial score (nSPS) is 21.1. The summed E-state index contributed by atoms with van der Waals surface area (Å²) in [6.45, 7) is 3.57. The molecule has 0 aliphatic carbocycles. The molecular weight excluding hydrogens is 388 g/mol. The van der Waals surface area contributed by atoms with Crippen molar-refractivity contribution in [2.75, 3.05) is 32.7 Å². The van der Waals surface area contributed by atoms with Crippen LogP contribution >= 0.6 is 0 Å². The van der Waals surface area contributed by atoms with Crippen LogP contribution in [0.4, 0.5) is 8.78 Å². The Hall–Kier alpha value is -2.80. The molecule has 2 aliphatic heterocycles. The lowest BCUT2D eigenvalue weighted by molar-refractivity contribution is 0.0764. The standard InChI is InChI=1S/C23H24F2N3O2/c24-19-8-3-9-20(25)21(19)23(30)28-13-16-11-27(12-17(16)14-28)10-4-6-15-5-1-2-7-18(15)22(26)29/h1-3,5-9,16-17H,4,10-14H2,(H2,26,29)/t16-,17?/m0/s1. The first-order valence-electron chi connectivity index (χ1n) is 10.1. The van der Waals surface area contributed by atoms with Crippen LogP contribution in [-0.2, 0) is 0 Å². The van der Waals surface area contributed by atoms with Gasteiger partial charge in [-0.2, -0.15) is 0 Å². The lowest BCUT2D eigenvalue weighted by Gasteiger charge is -2.22. The van der Waals surface area contributed by atoms with Crippen LogP contribution in [0.25, 0.3) is 0 Å². The summed E-state index contributed by atoms with van der Waals surface area (Å²) in [5, 5.41) is 0. The fourth-order valence-corrected chi connectivity index (χ4v) is 4.60. The molecule has 1 radical (unpaired) electrons. The molecule has 2 aromatic rings. The smallest absolute Gasteiger partial charge is 0.259 e. The molecule has 30 heavy (non-hydrogen) atoms.